The molecule has 3 aromatic carbocycles. The lowest BCUT2D eigenvalue weighted by atomic mass is 10.0. The van der Waals surface area contributed by atoms with E-state index in [1.807, 2.05) is 112 Å². The maximum Gasteiger partial charge on any atom is 0.432 e. The van der Waals surface area contributed by atoms with Crippen LogP contribution in [0.4, 0.5) is 38.2 Å². The van der Waals surface area contributed by atoms with Crippen LogP contribution in [0, 0.1) is 0 Å². The summed E-state index contributed by atoms with van der Waals surface area (Å²) in [5, 5.41) is 24.2. The van der Waals surface area contributed by atoms with Crippen LogP contribution in [0.2, 0.25) is 0 Å². The molecule has 2 amide bonds. The summed E-state index contributed by atoms with van der Waals surface area (Å²) >= 11 is 0. The lowest BCUT2D eigenvalue weighted by Crippen LogP contribution is -2.49. The van der Waals surface area contributed by atoms with E-state index in [1.165, 1.54) is 0 Å². The number of amides is 2. The molecule has 0 unspecified atom stereocenters. The van der Waals surface area contributed by atoms with Crippen molar-refractivity contribution in [3.63, 3.8) is 0 Å². The maximum atomic E-state index is 13.8. The van der Waals surface area contributed by atoms with Crippen molar-refractivity contribution >= 4 is 40.7 Å². The van der Waals surface area contributed by atoms with Gasteiger partial charge in [0.1, 0.15) is 0 Å². The molecule has 0 spiro atoms. The second kappa shape index (κ2) is 11.5. The molecule has 1 atom stereocenters. The minimum Gasteiger partial charge on any atom is -0.463 e. The monoisotopic (exact) mass is 568 g/mol. The van der Waals surface area contributed by atoms with Gasteiger partial charge in [0.15, 0.2) is 5.82 Å². The average molecular weight is 569 g/mol. The van der Waals surface area contributed by atoms with Gasteiger partial charge in [-0.25, -0.2) is 9.59 Å². The summed E-state index contributed by atoms with van der Waals surface area (Å²) in [5.74, 6) is 0.383. The molecule has 6 N–H and O–H groups in total. The van der Waals surface area contributed by atoms with Crippen molar-refractivity contribution in [2.45, 2.75) is 32.0 Å². The summed E-state index contributed by atoms with van der Waals surface area (Å²) in [4.78, 5) is 29.7. The number of carboxylic acid groups (broad SMARTS) is 1. The summed E-state index contributed by atoms with van der Waals surface area (Å²) < 4.78 is 0.968. The van der Waals surface area contributed by atoms with E-state index in [9.17, 15) is 14.7 Å². The Kier molecular flexibility index (Phi) is 7.77. The number of nitrogens with one attached hydrogen (secondary N) is 3. The molecule has 0 saturated carbocycles. The van der Waals surface area contributed by atoms with Crippen molar-refractivity contribution in [2.75, 3.05) is 37.0 Å². The Morgan fingerprint density at radius 2 is 1.64 bits per heavy atom. The molecule has 218 valence electrons. The third kappa shape index (κ3) is 5.86. The zero-order valence-corrected chi connectivity index (χ0v) is 24.1. The molecule has 4 aromatic rings. The fourth-order valence-electron chi connectivity index (χ4n) is 5.33. The topological polar surface area (TPSA) is 141 Å². The van der Waals surface area contributed by atoms with Crippen LogP contribution in [0.3, 0.4) is 0 Å². The molecule has 1 aromatic heterocycles. The molecule has 1 aliphatic rings. The Bertz CT molecular complexity index is 1580. The molecule has 0 aliphatic carbocycles. The van der Waals surface area contributed by atoms with Crippen LogP contribution in [-0.2, 0) is 12.1 Å². The minimum atomic E-state index is -1.22. The van der Waals surface area contributed by atoms with Crippen molar-refractivity contribution in [3.05, 3.63) is 95.7 Å². The van der Waals surface area contributed by atoms with Crippen LogP contribution in [-0.4, -0.2) is 57.5 Å². The number of nitrogen functional groups attached to an aromatic ring is 1. The van der Waals surface area contributed by atoms with Gasteiger partial charge in [0.25, 0.3) is 0 Å². The zero-order valence-electron chi connectivity index (χ0n) is 24.1. The predicted molar refractivity (Wildman–Crippen MR) is 164 cm³/mol. The number of urea groups is 1. The van der Waals surface area contributed by atoms with Gasteiger partial charge in [0.2, 0.25) is 0 Å². The molecule has 0 saturated heterocycles. The standard InChI is InChI=1S/C31H36N8O3/c1-31(2)27-25(18-38(31)29(40)35-26(19-37(3)4)20-9-6-5-7-10-20)28(36-39(27)30(41)42)34-24-12-8-11-23(17-24)33-22-15-13-21(32)14-16-22/h5-17,26,33H,18-19,32H2,1-4H3,(H,34,36)(H,35,40)(H,41,42)/t26-/m1/s1. The SMILES string of the molecule is CN(C)C[C@@H](NC(=O)N1Cc2c(Nc3cccc(Nc4ccc(N)cc4)c3)nn(C(=O)O)c2C1(C)C)c1ccccc1. The van der Waals surface area contributed by atoms with Crippen molar-refractivity contribution in [1.29, 1.82) is 0 Å². The predicted octanol–water partition coefficient (Wildman–Crippen LogP) is 5.54. The highest BCUT2D eigenvalue weighted by Crippen LogP contribution is 2.43. The first-order valence-corrected chi connectivity index (χ1v) is 13.7. The lowest BCUT2D eigenvalue weighted by Gasteiger charge is -2.34. The number of carbonyl (C=O) groups is 2. The fourth-order valence-corrected chi connectivity index (χ4v) is 5.33. The normalized spacial score (nSPS) is 14.4. The van der Waals surface area contributed by atoms with Gasteiger partial charge in [-0.05, 0) is 76.0 Å². The zero-order chi connectivity index (χ0) is 30.0. The molecule has 2 heterocycles. The molecular weight excluding hydrogens is 532 g/mol. The number of nitrogens with two attached hydrogens (primary N) is 1. The van der Waals surface area contributed by atoms with Crippen LogP contribution >= 0.6 is 0 Å². The summed E-state index contributed by atoms with van der Waals surface area (Å²) in [6, 6.07) is 24.3. The van der Waals surface area contributed by atoms with Crippen molar-refractivity contribution in [3.8, 4) is 0 Å². The number of carbonyl (C=O) groups excluding carboxylic acids is 1. The van der Waals surface area contributed by atoms with Crippen LogP contribution < -0.4 is 21.7 Å². The number of benzene rings is 3. The summed E-state index contributed by atoms with van der Waals surface area (Å²) in [6.45, 7) is 4.47. The average Bonchev–Trinajstić information content (AvgIpc) is 3.45. The van der Waals surface area contributed by atoms with Crippen molar-refractivity contribution in [1.82, 2.24) is 24.9 Å². The maximum absolute atomic E-state index is 13.8. The van der Waals surface area contributed by atoms with E-state index in [-0.39, 0.29) is 18.6 Å². The molecule has 0 radical (unpaired) electrons. The number of rotatable bonds is 8. The smallest absolute Gasteiger partial charge is 0.432 e. The van der Waals surface area contributed by atoms with Gasteiger partial charge in [-0.15, -0.1) is 5.10 Å². The number of aromatic nitrogens is 2. The number of hydrogen-bond acceptors (Lipinski definition) is 7. The van der Waals surface area contributed by atoms with Crippen LogP contribution in [0.15, 0.2) is 78.9 Å². The fraction of sp³-hybridized carbons (Fsp3) is 0.258. The quantitative estimate of drug-likeness (QED) is 0.175. The Morgan fingerprint density at radius 1 is 0.976 bits per heavy atom. The van der Waals surface area contributed by atoms with E-state index >= 15 is 0 Å². The minimum absolute atomic E-state index is 0.191. The second-order valence-electron chi connectivity index (χ2n) is 11.1. The van der Waals surface area contributed by atoms with Crippen molar-refractivity contribution < 1.29 is 14.7 Å². The van der Waals surface area contributed by atoms with Crippen LogP contribution in [0.25, 0.3) is 0 Å². The van der Waals surface area contributed by atoms with Gasteiger partial charge in [0.05, 0.1) is 23.8 Å². The second-order valence-corrected chi connectivity index (χ2v) is 11.1. The van der Waals surface area contributed by atoms with Gasteiger partial charge in [-0.1, -0.05) is 36.4 Å². The Balaban J connectivity index is 1.41. The number of likely N-dealkylation sites (N-methyl/N-ethyl adjacent to an activating group) is 1. The molecule has 11 heteroatoms. The highest BCUT2D eigenvalue weighted by atomic mass is 16.4. The van der Waals surface area contributed by atoms with E-state index in [4.69, 9.17) is 5.73 Å². The molecule has 1 aliphatic heterocycles. The number of anilines is 5. The largest absolute Gasteiger partial charge is 0.463 e. The Morgan fingerprint density at radius 3 is 2.29 bits per heavy atom. The van der Waals surface area contributed by atoms with E-state index in [0.717, 1.165) is 21.6 Å². The molecule has 5 rings (SSSR count). The first-order valence-electron chi connectivity index (χ1n) is 13.7. The summed E-state index contributed by atoms with van der Waals surface area (Å²) in [5.41, 5.74) is 10.0. The number of nitrogens with zero attached hydrogens (tertiary/aromatic N) is 4. The van der Waals surface area contributed by atoms with E-state index in [1.54, 1.807) is 4.90 Å². The van der Waals surface area contributed by atoms with E-state index in [2.05, 4.69) is 21.0 Å². The molecule has 11 nitrogen and oxygen atoms in total. The molecule has 0 fully saturated rings. The highest BCUT2D eigenvalue weighted by Gasteiger charge is 2.47. The molecule has 42 heavy (non-hydrogen) atoms. The van der Waals surface area contributed by atoms with E-state index < -0.39 is 11.6 Å². The van der Waals surface area contributed by atoms with Gasteiger partial charge in [-0.3, -0.25) is 0 Å². The van der Waals surface area contributed by atoms with Crippen molar-refractivity contribution in [2.24, 2.45) is 0 Å². The third-order valence-electron chi connectivity index (χ3n) is 7.35. The Hall–Kier alpha value is -5.03. The first-order chi connectivity index (χ1) is 20.0. The van der Waals surface area contributed by atoms with Gasteiger partial charge in [0, 0.05) is 34.9 Å². The van der Waals surface area contributed by atoms with E-state index in [0.29, 0.717) is 35.0 Å². The first kappa shape index (κ1) is 28.5. The third-order valence-corrected chi connectivity index (χ3v) is 7.35. The molecule has 0 bridgehead atoms. The van der Waals surface area contributed by atoms with Gasteiger partial charge < -0.3 is 36.6 Å². The van der Waals surface area contributed by atoms with Gasteiger partial charge in [-0.2, -0.15) is 4.68 Å². The number of fused-ring (bicyclic) bond motifs is 1. The highest BCUT2D eigenvalue weighted by molar-refractivity contribution is 5.80. The molecular formula is C31H36N8O3. The summed E-state index contributed by atoms with van der Waals surface area (Å²) in [7, 11) is 3.91. The Labute approximate surface area is 244 Å². The van der Waals surface area contributed by atoms with Crippen LogP contribution in [0.1, 0.15) is 36.7 Å². The number of hydrogen-bond donors (Lipinski definition) is 5. The lowest BCUT2D eigenvalue weighted by molar-refractivity contribution is 0.133. The summed E-state index contributed by atoms with van der Waals surface area (Å²) in [6.07, 6.45) is -1.22. The van der Waals surface area contributed by atoms with Crippen LogP contribution in [0.5, 0.6) is 0 Å². The van der Waals surface area contributed by atoms with Gasteiger partial charge >= 0.3 is 12.1 Å².